The lowest BCUT2D eigenvalue weighted by Gasteiger charge is -2.13. The molecule has 1 atom stereocenters. The third kappa shape index (κ3) is 3.29. The van der Waals surface area contributed by atoms with Crippen LogP contribution in [0.15, 0.2) is 23.8 Å². The number of allylic oxidation sites excluding steroid dienone is 3. The maximum absolute atomic E-state index is 5.92. The van der Waals surface area contributed by atoms with Gasteiger partial charge in [-0.05, 0) is 13.3 Å². The van der Waals surface area contributed by atoms with E-state index in [1.54, 1.807) is 0 Å². The normalized spacial score (nSPS) is 15.2. The van der Waals surface area contributed by atoms with Gasteiger partial charge in [-0.2, -0.15) is 0 Å². The van der Waals surface area contributed by atoms with Crippen LogP contribution in [0.3, 0.4) is 0 Å². The van der Waals surface area contributed by atoms with Gasteiger partial charge in [0.1, 0.15) is 0 Å². The van der Waals surface area contributed by atoms with Crippen molar-refractivity contribution in [3.05, 3.63) is 23.8 Å². The van der Waals surface area contributed by atoms with Crippen molar-refractivity contribution in [3.63, 3.8) is 0 Å². The highest BCUT2D eigenvalue weighted by Crippen LogP contribution is 2.23. The molecule has 2 radical (unpaired) electrons. The topological polar surface area (TPSA) is 0 Å². The van der Waals surface area contributed by atoms with E-state index < -0.39 is 0 Å². The van der Waals surface area contributed by atoms with E-state index in [0.717, 1.165) is 19.3 Å². The Morgan fingerprint density at radius 1 is 1.50 bits per heavy atom. The second-order valence-electron chi connectivity index (χ2n) is 3.18. The summed E-state index contributed by atoms with van der Waals surface area (Å²) in [5.74, 6) is 0.213. The molecule has 0 aliphatic carbocycles. The number of hydrogen-bond acceptors (Lipinski definition) is 0. The molecule has 0 aliphatic heterocycles. The van der Waals surface area contributed by atoms with E-state index in [-0.39, 0.29) is 5.82 Å². The van der Waals surface area contributed by atoms with Crippen LogP contribution in [0.2, 0.25) is 5.82 Å². The molecule has 0 aromatic heterocycles. The Balaban J connectivity index is 4.46. The molecule has 0 bridgehead atoms. The van der Waals surface area contributed by atoms with Crippen LogP contribution in [-0.4, -0.2) is 7.85 Å². The van der Waals surface area contributed by atoms with E-state index in [1.807, 2.05) is 6.08 Å². The quantitative estimate of drug-likeness (QED) is 0.427. The highest BCUT2D eigenvalue weighted by molar-refractivity contribution is 6.13. The molecule has 0 rings (SSSR count). The molecule has 12 heavy (non-hydrogen) atoms. The number of hydrogen-bond donors (Lipinski definition) is 0. The summed E-state index contributed by atoms with van der Waals surface area (Å²) in [4.78, 5) is 0. The predicted molar refractivity (Wildman–Crippen MR) is 57.6 cm³/mol. The first-order valence-electron chi connectivity index (χ1n) is 4.74. The van der Waals surface area contributed by atoms with Crippen molar-refractivity contribution < 1.29 is 0 Å². The molecule has 0 saturated heterocycles. The molecule has 0 N–H and O–H groups in total. The fourth-order valence-corrected chi connectivity index (χ4v) is 1.27. The fraction of sp³-hybridized carbons (Fsp3) is 0.636. The van der Waals surface area contributed by atoms with E-state index in [0.29, 0.717) is 0 Å². The van der Waals surface area contributed by atoms with Gasteiger partial charge in [-0.25, -0.2) is 0 Å². The second kappa shape index (κ2) is 6.10. The van der Waals surface area contributed by atoms with Gasteiger partial charge in [0.2, 0.25) is 0 Å². The summed E-state index contributed by atoms with van der Waals surface area (Å²) in [7, 11) is 5.92. The van der Waals surface area contributed by atoms with Gasteiger partial charge in [-0.15, -0.1) is 0 Å². The van der Waals surface area contributed by atoms with Crippen LogP contribution in [-0.2, 0) is 0 Å². The van der Waals surface area contributed by atoms with Crippen LogP contribution in [0.4, 0.5) is 0 Å². The van der Waals surface area contributed by atoms with Gasteiger partial charge < -0.3 is 0 Å². The lowest BCUT2D eigenvalue weighted by atomic mass is 9.77. The molecule has 0 nitrogen and oxygen atoms in total. The van der Waals surface area contributed by atoms with Crippen molar-refractivity contribution in [1.29, 1.82) is 0 Å². The zero-order chi connectivity index (χ0) is 9.56. The van der Waals surface area contributed by atoms with Crippen LogP contribution in [0.25, 0.3) is 0 Å². The smallest absolute Gasteiger partial charge is 0.0759 e. The van der Waals surface area contributed by atoms with Crippen molar-refractivity contribution in [1.82, 2.24) is 0 Å². The van der Waals surface area contributed by atoms with Crippen molar-refractivity contribution >= 4 is 7.85 Å². The van der Waals surface area contributed by atoms with Crippen molar-refractivity contribution in [2.24, 2.45) is 0 Å². The first-order valence-corrected chi connectivity index (χ1v) is 4.74. The van der Waals surface area contributed by atoms with Crippen LogP contribution in [0, 0.1) is 0 Å². The molecule has 0 aliphatic rings. The first kappa shape index (κ1) is 11.5. The van der Waals surface area contributed by atoms with Crippen LogP contribution in [0.1, 0.15) is 40.0 Å². The number of rotatable bonds is 5. The highest BCUT2D eigenvalue weighted by Gasteiger charge is 2.04. The van der Waals surface area contributed by atoms with Crippen molar-refractivity contribution in [2.75, 3.05) is 0 Å². The minimum Gasteiger partial charge on any atom is -0.0988 e. The molecule has 1 unspecified atom stereocenters. The monoisotopic (exact) mass is 162 g/mol. The molecule has 66 valence electrons. The molecule has 0 spiro atoms. The first-order chi connectivity index (χ1) is 5.67. The van der Waals surface area contributed by atoms with Crippen molar-refractivity contribution in [2.45, 2.75) is 45.9 Å². The summed E-state index contributed by atoms with van der Waals surface area (Å²) in [6, 6.07) is 0. The zero-order valence-corrected chi connectivity index (χ0v) is 8.56. The summed E-state index contributed by atoms with van der Waals surface area (Å²) in [5, 5.41) is 0. The predicted octanol–water partition coefficient (Wildman–Crippen LogP) is 3.66. The van der Waals surface area contributed by atoms with E-state index in [4.69, 9.17) is 7.85 Å². The Bertz CT molecular complexity index is 168. The molecule has 0 aromatic rings. The Hall–Kier alpha value is -0.455. The second-order valence-corrected chi connectivity index (χ2v) is 3.18. The average molecular weight is 162 g/mol. The van der Waals surface area contributed by atoms with Gasteiger partial charge in [-0.3, -0.25) is 0 Å². The van der Waals surface area contributed by atoms with E-state index in [9.17, 15) is 0 Å². The lowest BCUT2D eigenvalue weighted by molar-refractivity contribution is 0.850. The highest BCUT2D eigenvalue weighted by atomic mass is 14.1. The Morgan fingerprint density at radius 2 is 2.08 bits per heavy atom. The van der Waals surface area contributed by atoms with Crippen LogP contribution >= 0.6 is 0 Å². The maximum Gasteiger partial charge on any atom is 0.0759 e. The van der Waals surface area contributed by atoms with E-state index in [2.05, 4.69) is 27.4 Å². The van der Waals surface area contributed by atoms with E-state index >= 15 is 0 Å². The Morgan fingerprint density at radius 3 is 2.42 bits per heavy atom. The molecule has 0 aromatic carbocycles. The third-order valence-corrected chi connectivity index (χ3v) is 2.27. The van der Waals surface area contributed by atoms with Crippen LogP contribution in [0.5, 0.6) is 0 Å². The standard InChI is InChI=1S/C11H19B/c1-5-8-10(6-2)9(4)11(12)7-3/h6,11H,2,5,7-8H2,1,3-4H3/b10-9-. The van der Waals surface area contributed by atoms with Gasteiger partial charge in [-0.1, -0.05) is 56.3 Å². The van der Waals surface area contributed by atoms with E-state index in [1.165, 1.54) is 11.1 Å². The van der Waals surface area contributed by atoms with Gasteiger partial charge in [0, 0.05) is 0 Å². The van der Waals surface area contributed by atoms with Crippen molar-refractivity contribution in [3.8, 4) is 0 Å². The van der Waals surface area contributed by atoms with Gasteiger partial charge in [0.25, 0.3) is 0 Å². The molecular formula is C11H19B. The zero-order valence-electron chi connectivity index (χ0n) is 8.56. The maximum atomic E-state index is 5.92. The lowest BCUT2D eigenvalue weighted by Crippen LogP contribution is -1.96. The SMILES string of the molecule is [B]C(CC)/C(C)=C(/C=C)CCC. The summed E-state index contributed by atoms with van der Waals surface area (Å²) in [5.41, 5.74) is 2.63. The summed E-state index contributed by atoms with van der Waals surface area (Å²) < 4.78 is 0. The fourth-order valence-electron chi connectivity index (χ4n) is 1.27. The Labute approximate surface area is 78.2 Å². The summed E-state index contributed by atoms with van der Waals surface area (Å²) in [6.45, 7) is 10.2. The largest absolute Gasteiger partial charge is 0.0988 e. The minimum atomic E-state index is 0.213. The summed E-state index contributed by atoms with van der Waals surface area (Å²) in [6.07, 6.45) is 5.21. The van der Waals surface area contributed by atoms with Gasteiger partial charge in [0.05, 0.1) is 7.85 Å². The molecular weight excluding hydrogens is 143 g/mol. The van der Waals surface area contributed by atoms with Gasteiger partial charge >= 0.3 is 0 Å². The molecule has 0 fully saturated rings. The van der Waals surface area contributed by atoms with Gasteiger partial charge in [0.15, 0.2) is 0 Å². The minimum absolute atomic E-state index is 0.213. The molecule has 0 amide bonds. The third-order valence-electron chi connectivity index (χ3n) is 2.27. The molecule has 1 heteroatoms. The molecule has 0 saturated carbocycles. The summed E-state index contributed by atoms with van der Waals surface area (Å²) >= 11 is 0. The molecule has 0 heterocycles. The van der Waals surface area contributed by atoms with Crippen LogP contribution < -0.4 is 0 Å². The Kier molecular flexibility index (Phi) is 5.87. The average Bonchev–Trinajstić information content (AvgIpc) is 2.11.